The Morgan fingerprint density at radius 2 is 1.42 bits per heavy atom. The molecule has 1 aromatic carbocycles. The van der Waals surface area contributed by atoms with Crippen LogP contribution >= 0.6 is 0 Å². The van der Waals surface area contributed by atoms with Gasteiger partial charge in [-0.3, -0.25) is 9.69 Å². The molecular weight excluding hydrogens is 471 g/mol. The molecule has 2 aliphatic heterocycles. The molecule has 2 aliphatic rings. The van der Waals surface area contributed by atoms with Crippen molar-refractivity contribution in [2.45, 2.75) is 64.5 Å². The van der Waals surface area contributed by atoms with Crippen molar-refractivity contribution < 1.29 is 4.79 Å². The Bertz CT molecular complexity index is 1110. The number of hydrogen-bond acceptors (Lipinski definition) is 3. The predicted molar refractivity (Wildman–Crippen MR) is 152 cm³/mol. The minimum absolute atomic E-state index is 0.147. The largest absolute Gasteiger partial charge is 0.302 e. The summed E-state index contributed by atoms with van der Waals surface area (Å²) in [6.45, 7) is 21.1. The van der Waals surface area contributed by atoms with Crippen LogP contribution in [0.25, 0.3) is 6.08 Å². The fourth-order valence-corrected chi connectivity index (χ4v) is 108. The zero-order chi connectivity index (χ0) is 24.6. The summed E-state index contributed by atoms with van der Waals surface area (Å²) in [5.41, 5.74) is 2.74. The van der Waals surface area contributed by atoms with E-state index in [0.29, 0.717) is 0 Å². The fraction of sp³-hybridized carbons (Fsp3) is 0.440. The molecule has 0 fully saturated rings. The summed E-state index contributed by atoms with van der Waals surface area (Å²) in [4.78, 5) is 20.9. The molecule has 2 aromatic rings. The first-order valence-corrected chi connectivity index (χ1v) is 27.4. The van der Waals surface area contributed by atoms with Crippen LogP contribution in [0, 0.1) is 0 Å². The molecule has 4 nitrogen and oxygen atoms in total. The number of nitrogens with zero attached hydrogens (tertiary/aromatic N) is 3. The molecule has 4 rings (SSSR count). The predicted octanol–water partition coefficient (Wildman–Crippen LogP) is 5.95. The lowest BCUT2D eigenvalue weighted by molar-refractivity contribution is -0.122. The second kappa shape index (κ2) is 7.45. The van der Waals surface area contributed by atoms with Gasteiger partial charge in [-0.2, -0.15) is 4.57 Å². The fourth-order valence-electron chi connectivity index (χ4n) is 7.94. The molecule has 1 amide bonds. The Labute approximate surface area is 203 Å². The molecule has 0 bridgehead atoms. The van der Waals surface area contributed by atoms with Gasteiger partial charge < -0.3 is 0 Å². The van der Waals surface area contributed by atoms with E-state index in [2.05, 4.69) is 106 Å². The number of para-hydroxylation sites is 1. The van der Waals surface area contributed by atoms with Crippen LogP contribution in [0.5, 0.6) is 0 Å². The summed E-state index contributed by atoms with van der Waals surface area (Å²) in [6, 6.07) is 12.9. The van der Waals surface area contributed by atoms with Gasteiger partial charge in [-0.15, -0.1) is 0 Å². The molecule has 1 unspecified atom stereocenters. The summed E-state index contributed by atoms with van der Waals surface area (Å²) in [5, 5.41) is 0. The van der Waals surface area contributed by atoms with Crippen molar-refractivity contribution in [3.63, 3.8) is 0 Å². The lowest BCUT2D eigenvalue weighted by atomic mass is 9.87. The molecule has 1 radical (unpaired) electrons. The van der Waals surface area contributed by atoms with E-state index in [1.54, 1.807) is 4.90 Å². The van der Waals surface area contributed by atoms with E-state index in [9.17, 15) is 4.79 Å². The topological polar surface area (TPSA) is 39.1 Å². The Kier molecular flexibility index (Phi) is 5.54. The lowest BCUT2D eigenvalue weighted by Crippen LogP contribution is -2.93. The minimum atomic E-state index is -2.20. The molecule has 8 heteroatoms. The first kappa shape index (κ1) is 24.5. The van der Waals surface area contributed by atoms with E-state index < -0.39 is 35.1 Å². The Hall–Kier alpha value is -1.59. The molecule has 0 aliphatic carbocycles. The third kappa shape index (κ3) is 3.07. The number of rotatable bonds is 4. The van der Waals surface area contributed by atoms with E-state index in [1.165, 1.54) is 11.3 Å². The van der Waals surface area contributed by atoms with Gasteiger partial charge in [0.2, 0.25) is 0 Å². The number of anilines is 2. The van der Waals surface area contributed by atoms with Gasteiger partial charge >= 0.3 is 5.91 Å². The van der Waals surface area contributed by atoms with Gasteiger partial charge in [0.1, 0.15) is 28.6 Å². The molecule has 175 valence electrons. The van der Waals surface area contributed by atoms with Crippen molar-refractivity contribution in [1.82, 2.24) is 9.55 Å². The van der Waals surface area contributed by atoms with Crippen molar-refractivity contribution in [2.24, 2.45) is 0 Å². The van der Waals surface area contributed by atoms with E-state index in [4.69, 9.17) is 4.98 Å². The highest BCUT2D eigenvalue weighted by molar-refractivity contribution is 7.89. The quantitative estimate of drug-likeness (QED) is 0.478. The van der Waals surface area contributed by atoms with Gasteiger partial charge in [0, 0.05) is 24.9 Å². The second-order valence-corrected chi connectivity index (χ2v) is 52.6. The van der Waals surface area contributed by atoms with Crippen molar-refractivity contribution in [1.29, 1.82) is 0 Å². The van der Waals surface area contributed by atoms with Crippen LogP contribution < -0.4 is 9.47 Å². The van der Waals surface area contributed by atoms with Gasteiger partial charge in [-0.05, 0) is 30.4 Å². The van der Waals surface area contributed by atoms with Crippen LogP contribution in [0.15, 0.2) is 48.7 Å². The van der Waals surface area contributed by atoms with Gasteiger partial charge in [0.15, 0.2) is 5.69 Å². The summed E-state index contributed by atoms with van der Waals surface area (Å²) >= 11 is 0. The Balaban J connectivity index is 2.24. The normalized spacial score (nSPS) is 21.5. The maximum Gasteiger partial charge on any atom is 0.302 e. The minimum Gasteiger partial charge on any atom is -0.293 e. The van der Waals surface area contributed by atoms with Crippen LogP contribution in [-0.2, 0) is 10.3 Å². The van der Waals surface area contributed by atoms with Gasteiger partial charge in [-0.25, -0.2) is 4.98 Å². The Morgan fingerprint density at radius 3 is 2.00 bits per heavy atom. The van der Waals surface area contributed by atoms with Crippen LogP contribution in [0.1, 0.15) is 11.1 Å². The molecule has 0 N–H and O–H groups in total. The van der Waals surface area contributed by atoms with Crippen molar-refractivity contribution in [3.8, 4) is 0 Å². The lowest BCUT2D eigenvalue weighted by Gasteiger charge is -2.57. The van der Waals surface area contributed by atoms with Gasteiger partial charge in [0.25, 0.3) is 12.3 Å². The van der Waals surface area contributed by atoms with Crippen LogP contribution in [0.4, 0.5) is 11.5 Å². The van der Waals surface area contributed by atoms with E-state index in [1.807, 2.05) is 19.3 Å². The number of aromatic nitrogens is 1. The first-order valence-electron chi connectivity index (χ1n) is 11.9. The molecule has 0 saturated heterocycles. The molecule has 33 heavy (non-hydrogen) atoms. The third-order valence-electron chi connectivity index (χ3n) is 7.77. The molecule has 3 heterocycles. The summed E-state index contributed by atoms with van der Waals surface area (Å²) < 4.78 is 2.81. The van der Waals surface area contributed by atoms with E-state index >= 15 is 0 Å². The number of carbonyl (C=O) groups is 1. The number of carbonyl (C=O) groups excluding carboxylic acids is 1. The average molecular weight is 510 g/mol. The molecule has 1 aromatic heterocycles. The summed E-state index contributed by atoms with van der Waals surface area (Å²) in [6.07, 6.45) is 6.23. The van der Waals surface area contributed by atoms with Crippen LogP contribution in [-0.4, -0.2) is 47.5 Å². The van der Waals surface area contributed by atoms with Gasteiger partial charge in [0.05, 0.1) is 5.56 Å². The average Bonchev–Trinajstić information content (AvgIpc) is 2.90. The highest BCUT2D eigenvalue weighted by atomic mass is 29.9. The number of benzene rings is 1. The molecule has 0 saturated carbocycles. The van der Waals surface area contributed by atoms with Crippen molar-refractivity contribution in [3.05, 3.63) is 59.8 Å². The summed E-state index contributed by atoms with van der Waals surface area (Å²) in [5.74, 6) is 0.953. The zero-order valence-corrected chi connectivity index (χ0v) is 25.9. The maximum absolute atomic E-state index is 14.4. The van der Waals surface area contributed by atoms with Crippen LogP contribution in [0.3, 0.4) is 0 Å². The number of fused-ring (bicyclic) bond motifs is 3. The van der Waals surface area contributed by atoms with Crippen LogP contribution in [0.2, 0.25) is 58.9 Å². The number of amides is 1. The molecule has 1 atom stereocenters. The number of likely N-dealkylation sites (N-methyl/N-ethyl adjacent to an activating group) is 1. The molecular formula is C25H39N3OSi4+. The standard InChI is InChI=1S/C25H39N3OSi4/c1-27-23-21(15-13-19-26-23)25(24(27)29)18-17-20-14-11-12-16-22(20)28(25)33(30(2,3)4,31(5,6)7)32(8,9)10/h11-19H,1-10H3/q+1. The first-order chi connectivity index (χ1) is 15.1. The van der Waals surface area contributed by atoms with Crippen molar-refractivity contribution >= 4 is 53.1 Å². The highest BCUT2D eigenvalue weighted by Crippen LogP contribution is 2.55. The Morgan fingerprint density at radius 1 is 0.848 bits per heavy atom. The summed E-state index contributed by atoms with van der Waals surface area (Å²) in [7, 11) is -3.40. The second-order valence-electron chi connectivity index (χ2n) is 12.7. The van der Waals surface area contributed by atoms with E-state index in [-0.39, 0.29) is 5.91 Å². The zero-order valence-electron chi connectivity index (χ0n) is 21.9. The number of pyridine rings is 1. The SMILES string of the molecule is CN1C(=O)C2(C=Cc3ccccc3[N+]2[Si]([Si](C)(C)C)([Si](C)(C)C)[Si](C)(C)C)c2cccnc21. The van der Waals surface area contributed by atoms with E-state index in [0.717, 1.165) is 11.4 Å². The third-order valence-corrected chi connectivity index (χ3v) is 77.6. The molecule has 1 spiro atoms. The maximum atomic E-state index is 14.4. The number of hydrogen-bond donors (Lipinski definition) is 0. The smallest absolute Gasteiger partial charge is 0.293 e. The van der Waals surface area contributed by atoms with Gasteiger partial charge in [-0.1, -0.05) is 71.1 Å². The van der Waals surface area contributed by atoms with Crippen molar-refractivity contribution in [2.75, 3.05) is 11.9 Å². The highest BCUT2D eigenvalue weighted by Gasteiger charge is 2.80. The monoisotopic (exact) mass is 509 g/mol.